The Labute approximate surface area is 364 Å². The van der Waals surface area contributed by atoms with Crippen molar-refractivity contribution in [2.75, 3.05) is 0 Å². The van der Waals surface area contributed by atoms with Gasteiger partial charge in [0.25, 0.3) is 0 Å². The SMILES string of the molecule is Cl.Cl.Cl.Cl.Cl.Cl.Cl.Cl.Cl.Cl.OB(O)O.OB(O)O.OB(O)O.OB(O)O.OB(O)O.OB(O)O.OB(O)O.OB(O)O.OB(O)O.OB(O)O.[LiH]. The normalized spacial score (nSPS) is 5.29. The third-order valence-corrected chi connectivity index (χ3v) is 0. The maximum atomic E-state index is 7.17. The van der Waals surface area contributed by atoms with E-state index in [4.69, 9.17) is 151 Å². The number of halogens is 10. The Bertz CT molecular complexity index is 223. The van der Waals surface area contributed by atoms with Crippen molar-refractivity contribution in [1.29, 1.82) is 0 Å². The Morgan fingerprint density at radius 3 is 0.118 bits per heavy atom. The minimum absolute atomic E-state index is 0. The van der Waals surface area contributed by atoms with Crippen LogP contribution in [0.5, 0.6) is 0 Å². The van der Waals surface area contributed by atoms with Gasteiger partial charge >= 0.3 is 92.1 Å². The summed E-state index contributed by atoms with van der Waals surface area (Å²) < 4.78 is 0. The molecule has 322 valence electrons. The molecule has 0 saturated heterocycles. The van der Waals surface area contributed by atoms with Crippen LogP contribution in [0.1, 0.15) is 0 Å². The van der Waals surface area contributed by atoms with Gasteiger partial charge in [-0.25, -0.2) is 0 Å². The molecule has 0 heterocycles. The monoisotopic (exact) mass is 988 g/mol. The van der Waals surface area contributed by atoms with Crippen molar-refractivity contribution in [3.05, 3.63) is 0 Å². The molecule has 51 heteroatoms. The molecule has 0 fully saturated rings. The first kappa shape index (κ1) is 139. The molecule has 0 aromatic carbocycles. The van der Waals surface area contributed by atoms with Crippen molar-refractivity contribution in [1.82, 2.24) is 0 Å². The standard InChI is InChI=1S/10BH3O3.10ClH.Li.H/c10*2-1(3)4;;;;;;;;;;;;/h10*2-4H;10*1H;;. The molecule has 30 N–H and O–H groups in total. The molecule has 0 bridgehead atoms. The van der Waals surface area contributed by atoms with Crippen LogP contribution in [0.15, 0.2) is 0 Å². The average Bonchev–Trinajstić information content (AvgIpc) is 2.47. The second-order valence-corrected chi connectivity index (χ2v) is 3.46. The Hall–Kier alpha value is 2.95. The van der Waals surface area contributed by atoms with Crippen LogP contribution in [0.4, 0.5) is 0 Å². The summed E-state index contributed by atoms with van der Waals surface area (Å²) in [6.45, 7) is 0. The molecule has 0 aliphatic rings. The van der Waals surface area contributed by atoms with Gasteiger partial charge in [-0.1, -0.05) is 0 Å². The molecule has 0 aromatic heterocycles. The summed E-state index contributed by atoms with van der Waals surface area (Å²) in [5, 5.41) is 215. The van der Waals surface area contributed by atoms with Gasteiger partial charge in [-0.05, 0) is 0 Å². The molecule has 0 atom stereocenters. The zero-order chi connectivity index (χ0) is 35.8. The molecule has 0 rings (SSSR count). The maximum absolute atomic E-state index is 7.17. The fourth-order valence-electron chi connectivity index (χ4n) is 0. The van der Waals surface area contributed by atoms with Gasteiger partial charge < -0.3 is 151 Å². The summed E-state index contributed by atoms with van der Waals surface area (Å²) in [5.74, 6) is 0. The van der Waals surface area contributed by atoms with Crippen LogP contribution in [-0.4, -0.2) is 243 Å². The molecular formula is H41B10Cl10LiO30. The second-order valence-electron chi connectivity index (χ2n) is 3.46. The minimum atomic E-state index is -2.17. The van der Waals surface area contributed by atoms with E-state index in [1.807, 2.05) is 0 Å². The van der Waals surface area contributed by atoms with Crippen molar-refractivity contribution in [2.45, 2.75) is 0 Å². The van der Waals surface area contributed by atoms with Gasteiger partial charge in [-0.2, -0.15) is 0 Å². The van der Waals surface area contributed by atoms with Gasteiger partial charge in [0.2, 0.25) is 0 Å². The van der Waals surface area contributed by atoms with Crippen molar-refractivity contribution in [2.24, 2.45) is 0 Å². The molecule has 0 aromatic rings. The van der Waals surface area contributed by atoms with E-state index >= 15 is 0 Å². The first-order valence-electron chi connectivity index (χ1n) is 7.75. The van der Waals surface area contributed by atoms with Crippen LogP contribution in [-0.2, 0) is 0 Å². The molecule has 30 nitrogen and oxygen atoms in total. The van der Waals surface area contributed by atoms with Gasteiger partial charge in [0.15, 0.2) is 0 Å². The van der Waals surface area contributed by atoms with E-state index in [2.05, 4.69) is 0 Å². The molecule has 0 spiro atoms. The van der Waals surface area contributed by atoms with E-state index < -0.39 is 73.2 Å². The van der Waals surface area contributed by atoms with Gasteiger partial charge in [-0.3, -0.25) is 0 Å². The predicted octanol–water partition coefficient (Wildman–Crippen LogP) is -16.9. The van der Waals surface area contributed by atoms with Crippen molar-refractivity contribution >= 4 is 216 Å². The van der Waals surface area contributed by atoms with E-state index in [1.54, 1.807) is 0 Å². The molecule has 0 aliphatic heterocycles. The predicted molar refractivity (Wildman–Crippen MR) is 204 cm³/mol. The number of hydrogen-bond acceptors (Lipinski definition) is 30. The molecule has 0 radical (unpaired) electrons. The fraction of sp³-hybridized carbons (Fsp3) is 0. The third-order valence-electron chi connectivity index (χ3n) is 0. The molecule has 0 aliphatic carbocycles. The Balaban J connectivity index is -0.0000000101. The quantitative estimate of drug-likeness (QED) is 0.100. The van der Waals surface area contributed by atoms with E-state index in [0.29, 0.717) is 0 Å². The second kappa shape index (κ2) is 132. The molecule has 51 heavy (non-hydrogen) atoms. The van der Waals surface area contributed by atoms with E-state index in [1.165, 1.54) is 0 Å². The van der Waals surface area contributed by atoms with Crippen LogP contribution < -0.4 is 0 Å². The van der Waals surface area contributed by atoms with Gasteiger partial charge in [0.1, 0.15) is 0 Å². The van der Waals surface area contributed by atoms with Crippen molar-refractivity contribution in [3.63, 3.8) is 0 Å². The van der Waals surface area contributed by atoms with Crippen LogP contribution in [0.2, 0.25) is 0 Å². The van der Waals surface area contributed by atoms with E-state index in [0.717, 1.165) is 0 Å². The summed E-state index contributed by atoms with van der Waals surface area (Å²) >= 11 is 0. The number of rotatable bonds is 0. The topological polar surface area (TPSA) is 607 Å². The zero-order valence-corrected chi connectivity index (χ0v) is 31.4. The Morgan fingerprint density at radius 1 is 0.118 bits per heavy atom. The molecule has 0 unspecified atom stereocenters. The van der Waals surface area contributed by atoms with Crippen molar-refractivity contribution in [3.8, 4) is 0 Å². The summed E-state index contributed by atoms with van der Waals surface area (Å²) in [6, 6.07) is 0. The van der Waals surface area contributed by atoms with Crippen LogP contribution >= 0.6 is 124 Å². The van der Waals surface area contributed by atoms with Crippen LogP contribution in [0.3, 0.4) is 0 Å². The van der Waals surface area contributed by atoms with Gasteiger partial charge in [-0.15, -0.1) is 124 Å². The first-order chi connectivity index (χ1) is 17.3. The first-order valence-corrected chi connectivity index (χ1v) is 7.75. The summed E-state index contributed by atoms with van der Waals surface area (Å²) in [5.41, 5.74) is 0. The average molecular weight is 991 g/mol. The van der Waals surface area contributed by atoms with E-state index in [9.17, 15) is 0 Å². The zero-order valence-electron chi connectivity index (χ0n) is 23.3. The molecular weight excluding hydrogens is 950 g/mol. The Kier molecular flexibility index (Phi) is 360. The van der Waals surface area contributed by atoms with E-state index in [-0.39, 0.29) is 143 Å². The molecule has 0 amide bonds. The van der Waals surface area contributed by atoms with Crippen molar-refractivity contribution < 1.29 is 151 Å². The van der Waals surface area contributed by atoms with Crippen LogP contribution in [0, 0.1) is 0 Å². The summed E-state index contributed by atoms with van der Waals surface area (Å²) in [4.78, 5) is 0. The summed E-state index contributed by atoms with van der Waals surface area (Å²) in [6.07, 6.45) is 0. The summed E-state index contributed by atoms with van der Waals surface area (Å²) in [7, 11) is -21.7. The molecule has 0 saturated carbocycles. The third kappa shape index (κ3) is 15800. The number of hydrogen-bond donors (Lipinski definition) is 30. The van der Waals surface area contributed by atoms with Gasteiger partial charge in [0, 0.05) is 0 Å². The Morgan fingerprint density at radius 2 is 0.118 bits per heavy atom. The van der Waals surface area contributed by atoms with Gasteiger partial charge in [0.05, 0.1) is 0 Å². The van der Waals surface area contributed by atoms with Crippen LogP contribution in [0.25, 0.3) is 0 Å². The fourth-order valence-corrected chi connectivity index (χ4v) is 0.